The van der Waals surface area contributed by atoms with Gasteiger partial charge < -0.3 is 19.5 Å². The average molecular weight is 398 g/mol. The van der Waals surface area contributed by atoms with Crippen molar-refractivity contribution in [2.24, 2.45) is 0 Å². The predicted octanol–water partition coefficient (Wildman–Crippen LogP) is 4.65. The molecule has 2 aromatic rings. The number of rotatable bonds is 7. The van der Waals surface area contributed by atoms with Gasteiger partial charge in [0.15, 0.2) is 0 Å². The van der Waals surface area contributed by atoms with Gasteiger partial charge in [-0.05, 0) is 52.9 Å². The molecular formula is C24H35N3O2. The summed E-state index contributed by atoms with van der Waals surface area (Å²) >= 11 is 0. The molecule has 5 heteroatoms. The van der Waals surface area contributed by atoms with Gasteiger partial charge in [0.1, 0.15) is 5.75 Å². The Balaban J connectivity index is 1.76. The number of likely N-dealkylation sites (N-methyl/N-ethyl adjacent to an activating group) is 1. The minimum atomic E-state index is 0.00177. The first-order valence-corrected chi connectivity index (χ1v) is 10.7. The lowest BCUT2D eigenvalue weighted by Crippen LogP contribution is -2.35. The second-order valence-corrected chi connectivity index (χ2v) is 8.38. The number of carbonyl (C=O) groups is 1. The zero-order valence-electron chi connectivity index (χ0n) is 18.5. The highest BCUT2D eigenvalue weighted by atomic mass is 16.5. The molecule has 3 rings (SSSR count). The minimum absolute atomic E-state index is 0.00177. The van der Waals surface area contributed by atoms with Crippen LogP contribution >= 0.6 is 0 Å². The zero-order chi connectivity index (χ0) is 21.0. The van der Waals surface area contributed by atoms with Crippen LogP contribution in [0.3, 0.4) is 0 Å². The Morgan fingerprint density at radius 1 is 1.21 bits per heavy atom. The molecule has 0 spiro atoms. The molecule has 0 saturated heterocycles. The van der Waals surface area contributed by atoms with Crippen molar-refractivity contribution in [1.82, 2.24) is 14.8 Å². The number of methoxy groups -OCH3 is 1. The van der Waals surface area contributed by atoms with E-state index in [0.717, 1.165) is 22.6 Å². The Labute approximate surface area is 175 Å². The summed E-state index contributed by atoms with van der Waals surface area (Å²) in [5.41, 5.74) is 4.15. The van der Waals surface area contributed by atoms with E-state index in [1.54, 1.807) is 7.11 Å². The van der Waals surface area contributed by atoms with Gasteiger partial charge in [0.25, 0.3) is 5.91 Å². The van der Waals surface area contributed by atoms with E-state index in [2.05, 4.69) is 34.7 Å². The molecular weight excluding hydrogens is 362 g/mol. The van der Waals surface area contributed by atoms with Crippen LogP contribution in [0.1, 0.15) is 71.5 Å². The van der Waals surface area contributed by atoms with E-state index in [1.165, 1.54) is 37.8 Å². The van der Waals surface area contributed by atoms with E-state index in [-0.39, 0.29) is 11.9 Å². The fourth-order valence-corrected chi connectivity index (χ4v) is 4.71. The van der Waals surface area contributed by atoms with Crippen molar-refractivity contribution < 1.29 is 9.53 Å². The number of nitrogens with one attached hydrogen (secondary N) is 1. The molecule has 1 saturated carbocycles. The smallest absolute Gasteiger partial charge is 0.253 e. The van der Waals surface area contributed by atoms with Crippen LogP contribution < -0.4 is 10.1 Å². The van der Waals surface area contributed by atoms with Crippen molar-refractivity contribution in [3.8, 4) is 5.75 Å². The van der Waals surface area contributed by atoms with Crippen molar-refractivity contribution in [1.29, 1.82) is 0 Å². The highest BCUT2D eigenvalue weighted by molar-refractivity contribution is 5.95. The molecule has 5 nitrogen and oxygen atoms in total. The molecule has 1 fully saturated rings. The SMILES string of the molecule is COc1ccccc1C(CNC(=O)c1cc(C)n(C2CCCCC2)c1C)N(C)C. The van der Waals surface area contributed by atoms with Crippen LogP contribution in [0.5, 0.6) is 5.75 Å². The maximum atomic E-state index is 13.1. The molecule has 0 aliphatic heterocycles. The van der Waals surface area contributed by atoms with Crippen LogP contribution in [-0.2, 0) is 0 Å². The number of benzene rings is 1. The summed E-state index contributed by atoms with van der Waals surface area (Å²) in [4.78, 5) is 15.2. The first-order valence-electron chi connectivity index (χ1n) is 10.7. The molecule has 158 valence electrons. The van der Waals surface area contributed by atoms with Crippen LogP contribution in [0.2, 0.25) is 0 Å². The number of ether oxygens (including phenoxy) is 1. The fourth-order valence-electron chi connectivity index (χ4n) is 4.71. The molecule has 1 heterocycles. The minimum Gasteiger partial charge on any atom is -0.496 e. The second-order valence-electron chi connectivity index (χ2n) is 8.38. The number of hydrogen-bond donors (Lipinski definition) is 1. The topological polar surface area (TPSA) is 46.5 Å². The molecule has 1 aliphatic carbocycles. The van der Waals surface area contributed by atoms with Crippen molar-refractivity contribution in [3.05, 3.63) is 52.8 Å². The van der Waals surface area contributed by atoms with Gasteiger partial charge in [0.2, 0.25) is 0 Å². The number of aromatic nitrogens is 1. The van der Waals surface area contributed by atoms with Crippen LogP contribution in [0.25, 0.3) is 0 Å². The Morgan fingerprint density at radius 2 is 1.90 bits per heavy atom. The predicted molar refractivity (Wildman–Crippen MR) is 118 cm³/mol. The lowest BCUT2D eigenvalue weighted by molar-refractivity contribution is 0.0940. The Hall–Kier alpha value is -2.27. The highest BCUT2D eigenvalue weighted by Gasteiger charge is 2.24. The third-order valence-electron chi connectivity index (χ3n) is 6.25. The van der Waals surface area contributed by atoms with Crippen LogP contribution in [0, 0.1) is 13.8 Å². The fraction of sp³-hybridized carbons (Fsp3) is 0.542. The summed E-state index contributed by atoms with van der Waals surface area (Å²) in [6, 6.07) is 10.6. The van der Waals surface area contributed by atoms with E-state index in [1.807, 2.05) is 38.4 Å². The molecule has 1 aliphatic rings. The maximum Gasteiger partial charge on any atom is 0.253 e. The van der Waals surface area contributed by atoms with E-state index >= 15 is 0 Å². The number of para-hydroxylation sites is 1. The Bertz CT molecular complexity index is 835. The average Bonchev–Trinajstić information content (AvgIpc) is 3.02. The van der Waals surface area contributed by atoms with Gasteiger partial charge in [0.05, 0.1) is 18.7 Å². The van der Waals surface area contributed by atoms with Crippen molar-refractivity contribution >= 4 is 5.91 Å². The van der Waals surface area contributed by atoms with E-state index in [0.29, 0.717) is 12.6 Å². The summed E-state index contributed by atoms with van der Waals surface area (Å²) < 4.78 is 7.92. The van der Waals surface area contributed by atoms with E-state index in [4.69, 9.17) is 4.74 Å². The van der Waals surface area contributed by atoms with Gasteiger partial charge in [-0.25, -0.2) is 0 Å². The van der Waals surface area contributed by atoms with Crippen LogP contribution in [0.15, 0.2) is 30.3 Å². The standard InChI is InChI=1S/C24H35N3O2/c1-17-15-21(18(2)27(17)19-11-7-6-8-12-19)24(28)25-16-22(26(3)4)20-13-9-10-14-23(20)29-5/h9-10,13-15,19,22H,6-8,11-12,16H2,1-5H3,(H,25,28). The third kappa shape index (κ3) is 4.67. The van der Waals surface area contributed by atoms with Gasteiger partial charge in [-0.2, -0.15) is 0 Å². The summed E-state index contributed by atoms with van der Waals surface area (Å²) in [5, 5.41) is 3.17. The molecule has 0 radical (unpaired) electrons. The molecule has 1 unspecified atom stereocenters. The van der Waals surface area contributed by atoms with Gasteiger partial charge in [-0.1, -0.05) is 37.5 Å². The molecule has 1 aromatic carbocycles. The lowest BCUT2D eigenvalue weighted by Gasteiger charge is -2.27. The normalized spacial score (nSPS) is 16.1. The number of amides is 1. The Morgan fingerprint density at radius 3 is 2.55 bits per heavy atom. The van der Waals surface area contributed by atoms with E-state index < -0.39 is 0 Å². The van der Waals surface area contributed by atoms with Gasteiger partial charge in [-0.3, -0.25) is 4.79 Å². The summed E-state index contributed by atoms with van der Waals surface area (Å²) in [5.74, 6) is 0.845. The lowest BCUT2D eigenvalue weighted by atomic mass is 9.95. The van der Waals surface area contributed by atoms with Crippen LogP contribution in [0.4, 0.5) is 0 Å². The van der Waals surface area contributed by atoms with Gasteiger partial charge in [-0.15, -0.1) is 0 Å². The van der Waals surface area contributed by atoms with Crippen molar-refractivity contribution in [3.63, 3.8) is 0 Å². The summed E-state index contributed by atoms with van der Waals surface area (Å²) in [7, 11) is 5.74. The number of aryl methyl sites for hydroxylation is 1. The molecule has 1 N–H and O–H groups in total. The first-order chi connectivity index (χ1) is 13.9. The van der Waals surface area contributed by atoms with Crippen LogP contribution in [-0.4, -0.2) is 43.1 Å². The number of carbonyl (C=O) groups excluding carboxylic acids is 1. The number of nitrogens with zero attached hydrogens (tertiary/aromatic N) is 2. The number of hydrogen-bond acceptors (Lipinski definition) is 3. The molecule has 1 amide bonds. The molecule has 0 bridgehead atoms. The van der Waals surface area contributed by atoms with Crippen molar-refractivity contribution in [2.45, 2.75) is 58.0 Å². The first kappa shape index (κ1) is 21.4. The van der Waals surface area contributed by atoms with Gasteiger partial charge >= 0.3 is 0 Å². The van der Waals surface area contributed by atoms with Gasteiger partial charge in [0, 0.05) is 29.5 Å². The molecule has 1 aromatic heterocycles. The summed E-state index contributed by atoms with van der Waals surface area (Å²) in [6.45, 7) is 4.73. The molecule has 29 heavy (non-hydrogen) atoms. The van der Waals surface area contributed by atoms with Crippen molar-refractivity contribution in [2.75, 3.05) is 27.7 Å². The summed E-state index contributed by atoms with van der Waals surface area (Å²) in [6.07, 6.45) is 6.33. The molecule has 1 atom stereocenters. The zero-order valence-corrected chi connectivity index (χ0v) is 18.5. The monoisotopic (exact) mass is 397 g/mol. The van der Waals surface area contributed by atoms with E-state index in [9.17, 15) is 4.79 Å². The maximum absolute atomic E-state index is 13.1. The third-order valence-corrected chi connectivity index (χ3v) is 6.25. The Kier molecular flexibility index (Phi) is 7.01. The second kappa shape index (κ2) is 9.49. The largest absolute Gasteiger partial charge is 0.496 e. The quantitative estimate of drug-likeness (QED) is 0.740. The highest BCUT2D eigenvalue weighted by Crippen LogP contribution is 2.32.